The monoisotopic (exact) mass is 1010 g/mol. The van der Waals surface area contributed by atoms with E-state index in [1.54, 1.807) is 51.2 Å². The molecule has 0 spiro atoms. The van der Waals surface area contributed by atoms with E-state index in [9.17, 15) is 41.0 Å². The van der Waals surface area contributed by atoms with Crippen LogP contribution in [0, 0.1) is 0 Å². The van der Waals surface area contributed by atoms with Crippen molar-refractivity contribution < 1.29 is 54.8 Å². The SMILES string of the molecule is C.O=C(O)c1cnnc(N(Cc2ccc(-c3noc(C(F)(F)F)n3)s2)c2cnccn2)c1.O=C(c1cnnc(N(Cc2ccc(-c3noc(C(F)(F)F)n3)s2)c2cnccn2)c1)N1CC2CCC(C1)O2. The quantitative estimate of drug-likeness (QED) is 0.114. The number of fused-ring (bicyclic) bond motifs is 2. The Hall–Kier alpha value is -7.92. The van der Waals surface area contributed by atoms with Crippen LogP contribution in [0.3, 0.4) is 0 Å². The summed E-state index contributed by atoms with van der Waals surface area (Å²) in [5.41, 5.74) is 0.306. The minimum atomic E-state index is -4.73. The Bertz CT molecular complexity index is 3050. The first-order chi connectivity index (χ1) is 33.1. The van der Waals surface area contributed by atoms with E-state index in [1.807, 2.05) is 0 Å². The lowest BCUT2D eigenvalue weighted by atomic mass is 10.2. The molecule has 8 aromatic heterocycles. The molecule has 10 rings (SSSR count). The van der Waals surface area contributed by atoms with E-state index in [4.69, 9.17) is 4.74 Å². The molecule has 2 atom stereocenters. The molecule has 362 valence electrons. The number of ether oxygens (including phenoxy) is 1. The molecule has 1 N–H and O–H groups in total. The highest BCUT2D eigenvalue weighted by atomic mass is 32.1. The molecular weight excluding hydrogens is 977 g/mol. The number of morpholine rings is 1. The number of aromatic nitrogens is 12. The highest BCUT2D eigenvalue weighted by Crippen LogP contribution is 2.36. The minimum absolute atomic E-state index is 0. The zero-order valence-corrected chi connectivity index (χ0v) is 36.4. The van der Waals surface area contributed by atoms with Crippen molar-refractivity contribution in [2.45, 2.75) is 57.9 Å². The average Bonchev–Trinajstić information content (AvgIpc) is 4.22. The van der Waals surface area contributed by atoms with Gasteiger partial charge < -0.3 is 33.6 Å². The largest absolute Gasteiger partial charge is 0.478 e. The number of carboxylic acids is 1. The van der Waals surface area contributed by atoms with Gasteiger partial charge in [-0.2, -0.15) is 46.5 Å². The van der Waals surface area contributed by atoms with E-state index < -0.39 is 30.1 Å². The molecule has 2 aliphatic rings. The van der Waals surface area contributed by atoms with Gasteiger partial charge in [-0.3, -0.25) is 14.8 Å². The number of rotatable bonds is 12. The maximum atomic E-state index is 13.3. The number of alkyl halides is 6. The summed E-state index contributed by atoms with van der Waals surface area (Å²) in [6.07, 6.45) is 4.05. The van der Waals surface area contributed by atoms with Crippen molar-refractivity contribution in [3.63, 3.8) is 0 Å². The third-order valence-electron chi connectivity index (χ3n) is 10.0. The Morgan fingerprint density at radius 3 is 1.57 bits per heavy atom. The molecule has 2 saturated heterocycles. The van der Waals surface area contributed by atoms with Gasteiger partial charge in [0.05, 0.1) is 71.0 Å². The Labute approximate surface area is 397 Å². The molecule has 29 heteroatoms. The fraction of sp³-hybridized carbons (Fsp3) is 0.268. The number of likely N-dealkylation sites (tertiary alicyclic amines) is 1. The van der Waals surface area contributed by atoms with Gasteiger partial charge in [-0.25, -0.2) is 14.8 Å². The van der Waals surface area contributed by atoms with Crippen LogP contribution in [0.5, 0.6) is 0 Å². The summed E-state index contributed by atoms with van der Waals surface area (Å²) in [4.78, 5) is 55.3. The fourth-order valence-electron chi connectivity index (χ4n) is 6.95. The van der Waals surface area contributed by atoms with Gasteiger partial charge in [0, 0.05) is 47.6 Å². The number of aromatic carboxylic acids is 1. The van der Waals surface area contributed by atoms with E-state index in [-0.39, 0.29) is 61.7 Å². The highest BCUT2D eigenvalue weighted by Gasteiger charge is 2.40. The van der Waals surface area contributed by atoms with Gasteiger partial charge in [0.2, 0.25) is 11.6 Å². The van der Waals surface area contributed by atoms with Crippen molar-refractivity contribution in [1.82, 2.24) is 65.5 Å². The molecular formula is C41H33F6N15O6S2. The first-order valence-electron chi connectivity index (χ1n) is 20.0. The van der Waals surface area contributed by atoms with Crippen LogP contribution < -0.4 is 9.80 Å². The van der Waals surface area contributed by atoms with Gasteiger partial charge in [0.25, 0.3) is 5.91 Å². The number of amides is 1. The first-order valence-corrected chi connectivity index (χ1v) is 21.7. The van der Waals surface area contributed by atoms with Crippen molar-refractivity contribution in [2.24, 2.45) is 0 Å². The number of carbonyl (C=O) groups excluding carboxylic acids is 1. The summed E-state index contributed by atoms with van der Waals surface area (Å²) in [6.45, 7) is 1.45. The van der Waals surface area contributed by atoms with Gasteiger partial charge in [-0.1, -0.05) is 17.7 Å². The molecule has 2 fully saturated rings. The highest BCUT2D eigenvalue weighted by molar-refractivity contribution is 7.15. The number of anilines is 4. The van der Waals surface area contributed by atoms with Crippen LogP contribution in [0.2, 0.25) is 0 Å². The number of hydrogen-bond acceptors (Lipinski definition) is 21. The minimum Gasteiger partial charge on any atom is -0.478 e. The van der Waals surface area contributed by atoms with E-state index in [2.05, 4.69) is 69.7 Å². The molecule has 2 unspecified atom stereocenters. The molecule has 70 heavy (non-hydrogen) atoms. The topological polar surface area (TPSA) is 254 Å². The standard InChI is InChI=1S/C23H19F3N8O3S.C17H10F3N7O3S.CH4/c24-23(25,26)22-30-20(32-37-22)17-4-3-16(38-17)12-34(19-9-27-5-6-28-19)18-7-13(8-29-31-18)21(35)33-10-14-1-2-15(11-33)36-14;18-17(19,20)16-24-14(26-30-16)11-2-1-10(31-11)8-27(13-7-21-3-4-22-13)12-5-9(15(28)29)6-23-25-12;/h3-9,14-15H,1-2,10-12H2;1-7H,8H2,(H,28,29);1H4. The molecule has 8 aromatic rings. The molecule has 0 aromatic carbocycles. The van der Waals surface area contributed by atoms with Crippen molar-refractivity contribution in [3.8, 4) is 21.4 Å². The Balaban J connectivity index is 0.000000190. The van der Waals surface area contributed by atoms with Gasteiger partial charge in [0.15, 0.2) is 23.3 Å². The van der Waals surface area contributed by atoms with Crippen LogP contribution >= 0.6 is 22.7 Å². The van der Waals surface area contributed by atoms with Crippen LogP contribution in [0.4, 0.5) is 49.6 Å². The average molecular weight is 1010 g/mol. The predicted molar refractivity (Wildman–Crippen MR) is 233 cm³/mol. The van der Waals surface area contributed by atoms with Gasteiger partial charge in [-0.05, 0) is 49.2 Å². The molecule has 2 aliphatic heterocycles. The predicted octanol–water partition coefficient (Wildman–Crippen LogP) is 7.81. The number of thiophene rings is 2. The Morgan fingerprint density at radius 2 is 1.14 bits per heavy atom. The van der Waals surface area contributed by atoms with Crippen molar-refractivity contribution in [1.29, 1.82) is 0 Å². The molecule has 0 radical (unpaired) electrons. The van der Waals surface area contributed by atoms with Crippen molar-refractivity contribution in [2.75, 3.05) is 22.9 Å². The van der Waals surface area contributed by atoms with Gasteiger partial charge in [-0.15, -0.1) is 32.9 Å². The summed E-state index contributed by atoms with van der Waals surface area (Å²) in [6, 6.07) is 9.54. The summed E-state index contributed by atoms with van der Waals surface area (Å²) >= 11 is 2.32. The lowest BCUT2D eigenvalue weighted by Gasteiger charge is -2.32. The second kappa shape index (κ2) is 20.4. The molecule has 21 nitrogen and oxygen atoms in total. The smallest absolute Gasteiger partial charge is 0.471 e. The van der Waals surface area contributed by atoms with E-state index >= 15 is 0 Å². The van der Waals surface area contributed by atoms with E-state index in [0.717, 1.165) is 35.3 Å². The molecule has 0 aliphatic carbocycles. The summed E-state index contributed by atoms with van der Waals surface area (Å²) in [5, 5.41) is 32.0. The fourth-order valence-corrected chi connectivity index (χ4v) is 8.79. The van der Waals surface area contributed by atoms with Crippen LogP contribution in [-0.2, 0) is 30.2 Å². The van der Waals surface area contributed by atoms with Crippen LogP contribution in [0.1, 0.15) is 62.5 Å². The van der Waals surface area contributed by atoms with Crippen LogP contribution in [0.25, 0.3) is 21.4 Å². The number of carboxylic acid groups (broad SMARTS) is 1. The normalized spacial score (nSPS) is 15.4. The lowest BCUT2D eigenvalue weighted by Crippen LogP contribution is -2.45. The van der Waals surface area contributed by atoms with E-state index in [0.29, 0.717) is 50.7 Å². The third-order valence-corrected chi connectivity index (χ3v) is 12.2. The maximum absolute atomic E-state index is 13.3. The van der Waals surface area contributed by atoms with Crippen LogP contribution in [-0.4, -0.2) is 108 Å². The van der Waals surface area contributed by atoms with Gasteiger partial charge in [0.1, 0.15) is 0 Å². The van der Waals surface area contributed by atoms with Crippen LogP contribution in [0.15, 0.2) is 95.0 Å². The number of carbonyl (C=O) groups is 2. The maximum Gasteiger partial charge on any atom is 0.471 e. The third kappa shape index (κ3) is 11.2. The summed E-state index contributed by atoms with van der Waals surface area (Å²) < 4.78 is 91.1. The second-order valence-corrected chi connectivity index (χ2v) is 17.1. The first kappa shape index (κ1) is 48.5. The summed E-state index contributed by atoms with van der Waals surface area (Å²) in [7, 11) is 0. The molecule has 1 amide bonds. The number of hydrogen-bond donors (Lipinski definition) is 1. The van der Waals surface area contributed by atoms with Crippen molar-refractivity contribution in [3.05, 3.63) is 119 Å². The zero-order chi connectivity index (χ0) is 48.3. The number of halogens is 6. The number of nitrogens with zero attached hydrogens (tertiary/aromatic N) is 15. The molecule has 2 bridgehead atoms. The van der Waals surface area contributed by atoms with E-state index in [1.165, 1.54) is 54.6 Å². The molecule has 0 saturated carbocycles. The Morgan fingerprint density at radius 1 is 0.671 bits per heavy atom. The Kier molecular flexibility index (Phi) is 14.1. The summed E-state index contributed by atoms with van der Waals surface area (Å²) in [5.74, 6) is -3.14. The second-order valence-electron chi connectivity index (χ2n) is 14.8. The zero-order valence-electron chi connectivity index (χ0n) is 34.8. The molecule has 10 heterocycles. The van der Waals surface area contributed by atoms with Gasteiger partial charge >= 0.3 is 30.1 Å². The van der Waals surface area contributed by atoms with Crippen molar-refractivity contribution >= 4 is 57.8 Å². The lowest BCUT2D eigenvalue weighted by molar-refractivity contribution is -0.160.